The summed E-state index contributed by atoms with van der Waals surface area (Å²) in [7, 11) is 0. The number of benzene rings is 2. The molecule has 1 fully saturated rings. The molecule has 0 aliphatic carbocycles. The smallest absolute Gasteiger partial charge is 0.224 e. The number of ether oxygens (including phenoxy) is 1. The van der Waals surface area contributed by atoms with Crippen LogP contribution in [0, 0.1) is 5.92 Å². The maximum absolute atomic E-state index is 12.1. The lowest BCUT2D eigenvalue weighted by Crippen LogP contribution is -2.41. The van der Waals surface area contributed by atoms with Crippen LogP contribution in [-0.2, 0) is 4.79 Å². The van der Waals surface area contributed by atoms with E-state index < -0.39 is 0 Å². The summed E-state index contributed by atoms with van der Waals surface area (Å²) in [5, 5.41) is 6.24. The van der Waals surface area contributed by atoms with Crippen molar-refractivity contribution in [3.05, 3.63) is 54.6 Å². The summed E-state index contributed by atoms with van der Waals surface area (Å²) in [6.45, 7) is 2.79. The first-order valence-electron chi connectivity index (χ1n) is 8.60. The molecular formula is C20H25ClN2O2. The Morgan fingerprint density at radius 3 is 2.64 bits per heavy atom. The molecule has 2 aromatic rings. The molecule has 1 aliphatic rings. The molecule has 1 aliphatic heterocycles. The summed E-state index contributed by atoms with van der Waals surface area (Å²) in [4.78, 5) is 12.1. The zero-order chi connectivity index (χ0) is 16.6. The van der Waals surface area contributed by atoms with Gasteiger partial charge in [-0.2, -0.15) is 0 Å². The van der Waals surface area contributed by atoms with Gasteiger partial charge in [-0.25, -0.2) is 0 Å². The van der Waals surface area contributed by atoms with Crippen LogP contribution in [0.1, 0.15) is 12.8 Å². The van der Waals surface area contributed by atoms with Crippen LogP contribution in [0.15, 0.2) is 54.6 Å². The van der Waals surface area contributed by atoms with Crippen molar-refractivity contribution >= 4 is 18.3 Å². The van der Waals surface area contributed by atoms with Crippen LogP contribution < -0.4 is 15.4 Å². The second-order valence-corrected chi connectivity index (χ2v) is 6.04. The zero-order valence-electron chi connectivity index (χ0n) is 14.2. The maximum atomic E-state index is 12.1. The molecule has 25 heavy (non-hydrogen) atoms. The zero-order valence-corrected chi connectivity index (χ0v) is 15.1. The number of para-hydroxylation sites is 1. The molecule has 3 rings (SSSR count). The minimum atomic E-state index is 0. The molecule has 0 spiro atoms. The fourth-order valence-electron chi connectivity index (χ4n) is 3.00. The lowest BCUT2D eigenvalue weighted by molar-refractivity contribution is -0.125. The predicted octanol–water partition coefficient (Wildman–Crippen LogP) is 3.27. The molecule has 1 saturated heterocycles. The summed E-state index contributed by atoms with van der Waals surface area (Å²) < 4.78 is 5.90. The van der Waals surface area contributed by atoms with Gasteiger partial charge in [0.1, 0.15) is 12.4 Å². The van der Waals surface area contributed by atoms with Crippen molar-refractivity contribution in [2.75, 3.05) is 26.2 Å². The Morgan fingerprint density at radius 2 is 1.88 bits per heavy atom. The standard InChI is InChI=1S/C20H24N2O2.ClH/c23-20(17-9-6-12-21-15-17)22-13-14-24-19-11-5-4-10-18(19)16-7-2-1-3-8-16;/h1-5,7-8,10-11,17,21H,6,9,12-15H2,(H,22,23);1H. The summed E-state index contributed by atoms with van der Waals surface area (Å²) >= 11 is 0. The molecule has 0 bridgehead atoms. The van der Waals surface area contributed by atoms with Crippen molar-refractivity contribution in [1.29, 1.82) is 0 Å². The third kappa shape index (κ3) is 5.48. The van der Waals surface area contributed by atoms with Crippen LogP contribution >= 0.6 is 12.4 Å². The van der Waals surface area contributed by atoms with Gasteiger partial charge in [-0.1, -0.05) is 48.5 Å². The van der Waals surface area contributed by atoms with Gasteiger partial charge in [0.25, 0.3) is 0 Å². The van der Waals surface area contributed by atoms with Gasteiger partial charge in [-0.3, -0.25) is 4.79 Å². The summed E-state index contributed by atoms with van der Waals surface area (Å²) in [6, 6.07) is 18.2. The fraction of sp³-hybridized carbons (Fsp3) is 0.350. The van der Waals surface area contributed by atoms with E-state index in [-0.39, 0.29) is 24.2 Å². The van der Waals surface area contributed by atoms with Crippen LogP contribution in [0.5, 0.6) is 5.75 Å². The van der Waals surface area contributed by atoms with Crippen molar-refractivity contribution in [3.63, 3.8) is 0 Å². The Morgan fingerprint density at radius 1 is 1.12 bits per heavy atom. The van der Waals surface area contributed by atoms with E-state index in [2.05, 4.69) is 28.8 Å². The van der Waals surface area contributed by atoms with E-state index >= 15 is 0 Å². The molecule has 5 heteroatoms. The SMILES string of the molecule is Cl.O=C(NCCOc1ccccc1-c1ccccc1)C1CCCNC1. The highest BCUT2D eigenvalue weighted by Gasteiger charge is 2.20. The molecule has 0 aromatic heterocycles. The average molecular weight is 361 g/mol. The van der Waals surface area contributed by atoms with E-state index in [1.54, 1.807) is 0 Å². The molecule has 134 valence electrons. The number of carbonyl (C=O) groups excluding carboxylic acids is 1. The Kier molecular flexibility index (Phi) is 7.76. The van der Waals surface area contributed by atoms with Crippen molar-refractivity contribution in [2.24, 2.45) is 5.92 Å². The van der Waals surface area contributed by atoms with Crippen molar-refractivity contribution in [3.8, 4) is 16.9 Å². The highest BCUT2D eigenvalue weighted by atomic mass is 35.5. The van der Waals surface area contributed by atoms with E-state index in [0.717, 1.165) is 42.8 Å². The first-order valence-corrected chi connectivity index (χ1v) is 8.60. The largest absolute Gasteiger partial charge is 0.491 e. The lowest BCUT2D eigenvalue weighted by atomic mass is 9.99. The summed E-state index contributed by atoms with van der Waals surface area (Å²) in [5.41, 5.74) is 2.20. The van der Waals surface area contributed by atoms with Crippen molar-refractivity contribution < 1.29 is 9.53 Å². The molecule has 4 nitrogen and oxygen atoms in total. The minimum absolute atomic E-state index is 0. The summed E-state index contributed by atoms with van der Waals surface area (Å²) in [6.07, 6.45) is 2.04. The Balaban J connectivity index is 0.00000225. The minimum Gasteiger partial charge on any atom is -0.491 e. The Labute approximate surface area is 155 Å². The van der Waals surface area contributed by atoms with Gasteiger partial charge >= 0.3 is 0 Å². The van der Waals surface area contributed by atoms with Gasteiger partial charge in [0.05, 0.1) is 12.5 Å². The number of rotatable bonds is 6. The molecule has 1 amide bonds. The number of nitrogens with one attached hydrogen (secondary N) is 2. The molecule has 2 N–H and O–H groups in total. The topological polar surface area (TPSA) is 50.4 Å². The Hall–Kier alpha value is -2.04. The normalized spacial score (nSPS) is 16.6. The molecular weight excluding hydrogens is 336 g/mol. The number of hydrogen-bond acceptors (Lipinski definition) is 3. The molecule has 1 heterocycles. The second-order valence-electron chi connectivity index (χ2n) is 6.04. The van der Waals surface area contributed by atoms with Gasteiger partial charge in [0, 0.05) is 12.1 Å². The van der Waals surface area contributed by atoms with Crippen LogP contribution in [-0.4, -0.2) is 32.1 Å². The summed E-state index contributed by atoms with van der Waals surface area (Å²) in [5.74, 6) is 1.06. The van der Waals surface area contributed by atoms with Gasteiger partial charge in [0.2, 0.25) is 5.91 Å². The van der Waals surface area contributed by atoms with Crippen LogP contribution in [0.25, 0.3) is 11.1 Å². The van der Waals surface area contributed by atoms with E-state index in [1.165, 1.54) is 0 Å². The first kappa shape index (κ1) is 19.3. The second kappa shape index (κ2) is 10.1. The molecule has 0 saturated carbocycles. The number of piperidine rings is 1. The van der Waals surface area contributed by atoms with E-state index in [1.807, 2.05) is 36.4 Å². The highest BCUT2D eigenvalue weighted by molar-refractivity contribution is 5.85. The van der Waals surface area contributed by atoms with Crippen LogP contribution in [0.4, 0.5) is 0 Å². The predicted molar refractivity (Wildman–Crippen MR) is 103 cm³/mol. The monoisotopic (exact) mass is 360 g/mol. The van der Waals surface area contributed by atoms with Gasteiger partial charge < -0.3 is 15.4 Å². The van der Waals surface area contributed by atoms with E-state index in [4.69, 9.17) is 4.74 Å². The molecule has 1 unspecified atom stereocenters. The first-order chi connectivity index (χ1) is 11.8. The van der Waals surface area contributed by atoms with Crippen molar-refractivity contribution in [2.45, 2.75) is 12.8 Å². The van der Waals surface area contributed by atoms with E-state index in [9.17, 15) is 4.79 Å². The number of amides is 1. The van der Waals surface area contributed by atoms with Gasteiger partial charge in [0.15, 0.2) is 0 Å². The number of carbonyl (C=O) groups is 1. The van der Waals surface area contributed by atoms with Gasteiger partial charge in [-0.15, -0.1) is 12.4 Å². The lowest BCUT2D eigenvalue weighted by Gasteiger charge is -2.22. The fourth-order valence-corrected chi connectivity index (χ4v) is 3.00. The third-order valence-electron chi connectivity index (χ3n) is 4.30. The van der Waals surface area contributed by atoms with Crippen LogP contribution in [0.2, 0.25) is 0 Å². The molecule has 0 radical (unpaired) electrons. The molecule has 1 atom stereocenters. The third-order valence-corrected chi connectivity index (χ3v) is 4.30. The maximum Gasteiger partial charge on any atom is 0.224 e. The molecule has 2 aromatic carbocycles. The average Bonchev–Trinajstić information content (AvgIpc) is 2.67. The van der Waals surface area contributed by atoms with Crippen LogP contribution in [0.3, 0.4) is 0 Å². The highest BCUT2D eigenvalue weighted by Crippen LogP contribution is 2.29. The Bertz CT molecular complexity index is 658. The van der Waals surface area contributed by atoms with E-state index in [0.29, 0.717) is 13.2 Å². The van der Waals surface area contributed by atoms with Crippen molar-refractivity contribution in [1.82, 2.24) is 10.6 Å². The number of hydrogen-bond donors (Lipinski definition) is 2. The number of halogens is 1. The van der Waals surface area contributed by atoms with Gasteiger partial charge in [-0.05, 0) is 31.0 Å². The quantitative estimate of drug-likeness (QED) is 0.777.